The molecule has 0 unspecified atom stereocenters. The number of aromatic nitrogens is 3. The van der Waals surface area contributed by atoms with Crippen LogP contribution in [0.1, 0.15) is 57.4 Å². The van der Waals surface area contributed by atoms with Crippen LogP contribution in [0.4, 0.5) is 23.2 Å². The normalized spacial score (nSPS) is 21.5. The molecule has 1 aromatic heterocycles. The van der Waals surface area contributed by atoms with Crippen LogP contribution in [0, 0.1) is 0 Å². The molecule has 40 heavy (non-hydrogen) atoms. The number of halogens is 4. The van der Waals surface area contributed by atoms with Crippen molar-refractivity contribution in [1.29, 1.82) is 0 Å². The van der Waals surface area contributed by atoms with E-state index < -0.39 is 29.2 Å². The van der Waals surface area contributed by atoms with Gasteiger partial charge in [-0.2, -0.15) is 13.2 Å². The van der Waals surface area contributed by atoms with Gasteiger partial charge in [0.15, 0.2) is 12.0 Å². The lowest BCUT2D eigenvalue weighted by Crippen LogP contribution is -2.50. The Hall–Kier alpha value is -3.35. The van der Waals surface area contributed by atoms with E-state index in [0.29, 0.717) is 23.4 Å². The molecule has 2 fully saturated rings. The van der Waals surface area contributed by atoms with Crippen molar-refractivity contribution in [2.24, 2.45) is 7.05 Å². The first-order chi connectivity index (χ1) is 19.1. The first-order valence-electron chi connectivity index (χ1n) is 13.2. The number of rotatable bonds is 7. The fourth-order valence-electron chi connectivity index (χ4n) is 6.10. The highest BCUT2D eigenvalue weighted by atomic mass is 19.4. The molecule has 3 aromatic rings. The number of benzene rings is 2. The van der Waals surface area contributed by atoms with E-state index in [0.717, 1.165) is 18.9 Å². The number of aliphatic hydroxyl groups excluding tert-OH is 1. The Morgan fingerprint density at radius 1 is 1.23 bits per heavy atom. The van der Waals surface area contributed by atoms with Gasteiger partial charge in [0, 0.05) is 30.9 Å². The lowest BCUT2D eigenvalue weighted by atomic mass is 9.74. The van der Waals surface area contributed by atoms with Crippen LogP contribution in [0.2, 0.25) is 0 Å². The summed E-state index contributed by atoms with van der Waals surface area (Å²) in [5.41, 5.74) is -0.627. The van der Waals surface area contributed by atoms with Crippen molar-refractivity contribution in [1.82, 2.24) is 19.7 Å². The van der Waals surface area contributed by atoms with E-state index in [1.54, 1.807) is 31.3 Å². The van der Waals surface area contributed by atoms with Crippen LogP contribution in [0.15, 0.2) is 42.7 Å². The quantitative estimate of drug-likeness (QED) is 0.442. The number of anilines is 1. The van der Waals surface area contributed by atoms with Gasteiger partial charge in [0.2, 0.25) is 0 Å². The van der Waals surface area contributed by atoms with Crippen molar-refractivity contribution >= 4 is 11.6 Å². The minimum atomic E-state index is -4.65. The van der Waals surface area contributed by atoms with Crippen molar-refractivity contribution in [3.63, 3.8) is 0 Å². The smallest absolute Gasteiger partial charge is 0.395 e. The average molecular weight is 560 g/mol. The molecule has 6 rings (SSSR count). The lowest BCUT2D eigenvalue weighted by Gasteiger charge is -2.43. The molecule has 0 spiro atoms. The largest absolute Gasteiger partial charge is 0.416 e. The summed E-state index contributed by atoms with van der Waals surface area (Å²) >= 11 is 0. The van der Waals surface area contributed by atoms with E-state index >= 15 is 4.39 Å². The van der Waals surface area contributed by atoms with Crippen LogP contribution < -0.4 is 4.90 Å². The van der Waals surface area contributed by atoms with Crippen molar-refractivity contribution in [2.75, 3.05) is 31.3 Å². The molecule has 212 valence electrons. The highest BCUT2D eigenvalue weighted by Gasteiger charge is 2.51. The molecule has 12 heteroatoms. The number of likely N-dealkylation sites (tertiary alicyclic amines) is 1. The number of carbonyl (C=O) groups is 1. The Bertz CT molecular complexity index is 1440. The zero-order valence-electron chi connectivity index (χ0n) is 21.9. The molecule has 0 aliphatic carbocycles. The monoisotopic (exact) mass is 559 g/mol. The fraction of sp³-hybridized carbons (Fsp3) is 0.464. The van der Waals surface area contributed by atoms with E-state index in [-0.39, 0.29) is 55.9 Å². The molecule has 1 N–H and O–H groups in total. The molecule has 1 amide bonds. The van der Waals surface area contributed by atoms with Crippen molar-refractivity contribution in [2.45, 2.75) is 49.7 Å². The van der Waals surface area contributed by atoms with Crippen molar-refractivity contribution < 1.29 is 32.2 Å². The molecule has 4 heterocycles. The zero-order valence-corrected chi connectivity index (χ0v) is 21.9. The summed E-state index contributed by atoms with van der Waals surface area (Å²) in [4.78, 5) is 16.8. The minimum Gasteiger partial charge on any atom is -0.395 e. The predicted molar refractivity (Wildman–Crippen MR) is 136 cm³/mol. The maximum atomic E-state index is 15.8. The van der Waals surface area contributed by atoms with Gasteiger partial charge >= 0.3 is 6.18 Å². The molecule has 3 aliphatic heterocycles. The molecule has 0 saturated carbocycles. The van der Waals surface area contributed by atoms with Crippen molar-refractivity contribution in [3.8, 4) is 0 Å². The highest BCUT2D eigenvalue weighted by Crippen LogP contribution is 2.47. The number of ether oxygens (including phenoxy) is 1. The van der Waals surface area contributed by atoms with E-state index in [2.05, 4.69) is 10.2 Å². The third-order valence-electron chi connectivity index (χ3n) is 8.41. The van der Waals surface area contributed by atoms with Gasteiger partial charge in [0.1, 0.15) is 6.33 Å². The number of amides is 1. The van der Waals surface area contributed by atoms with E-state index in [1.807, 2.05) is 4.90 Å². The summed E-state index contributed by atoms with van der Waals surface area (Å²) in [6.07, 6.45) is -3.15. The molecule has 8 nitrogen and oxygen atoms in total. The number of alkyl halides is 4. The van der Waals surface area contributed by atoms with Crippen LogP contribution in [0.5, 0.6) is 0 Å². The Morgan fingerprint density at radius 3 is 2.67 bits per heavy atom. The highest BCUT2D eigenvalue weighted by molar-refractivity contribution is 6.10. The van der Waals surface area contributed by atoms with E-state index in [1.165, 1.54) is 21.9 Å². The lowest BCUT2D eigenvalue weighted by molar-refractivity contribution is -0.138. The first-order valence-corrected chi connectivity index (χ1v) is 13.2. The second-order valence-electron chi connectivity index (χ2n) is 10.9. The molecule has 2 aromatic carbocycles. The second-order valence-corrected chi connectivity index (χ2v) is 10.9. The van der Waals surface area contributed by atoms with Gasteiger partial charge in [-0.05, 0) is 60.3 Å². The summed E-state index contributed by atoms with van der Waals surface area (Å²) in [7, 11) is 1.64. The van der Waals surface area contributed by atoms with Crippen LogP contribution in [0.3, 0.4) is 0 Å². The van der Waals surface area contributed by atoms with Gasteiger partial charge in [0.05, 0.1) is 37.3 Å². The molecule has 2 saturated heterocycles. The van der Waals surface area contributed by atoms with Crippen LogP contribution in [-0.2, 0) is 36.5 Å². The van der Waals surface area contributed by atoms with E-state index in [4.69, 9.17) is 4.74 Å². The van der Waals surface area contributed by atoms with E-state index in [9.17, 15) is 23.1 Å². The Labute approximate surface area is 228 Å². The maximum absolute atomic E-state index is 15.8. The molecule has 0 radical (unpaired) electrons. The zero-order chi connectivity index (χ0) is 28.2. The summed E-state index contributed by atoms with van der Waals surface area (Å²) in [5.74, 6) is -0.397. The number of carbonyl (C=O) groups excluding carboxylic acids is 1. The van der Waals surface area contributed by atoms with Gasteiger partial charge in [-0.3, -0.25) is 9.69 Å². The molecule has 3 aliphatic rings. The second kappa shape index (κ2) is 9.93. The Kier molecular flexibility index (Phi) is 6.67. The number of nitrogens with zero attached hydrogens (tertiary/aromatic N) is 5. The topological polar surface area (TPSA) is 83.7 Å². The maximum Gasteiger partial charge on any atom is 0.416 e. The minimum absolute atomic E-state index is 0.0131. The number of hydrogen-bond donors (Lipinski definition) is 1. The Balaban J connectivity index is 1.33. The van der Waals surface area contributed by atoms with Gasteiger partial charge in [-0.1, -0.05) is 12.1 Å². The number of fused-ring (bicyclic) bond motifs is 1. The van der Waals surface area contributed by atoms with Crippen LogP contribution >= 0.6 is 0 Å². The summed E-state index contributed by atoms with van der Waals surface area (Å²) in [5, 5.41) is 17.3. The fourth-order valence-corrected chi connectivity index (χ4v) is 6.10. The number of aryl methyl sites for hydroxylation is 1. The van der Waals surface area contributed by atoms with Crippen LogP contribution in [-0.4, -0.2) is 63.1 Å². The number of aliphatic hydroxyl groups is 1. The molecule has 0 bridgehead atoms. The third-order valence-corrected chi connectivity index (χ3v) is 8.41. The number of hydrogen-bond acceptors (Lipinski definition) is 6. The van der Waals surface area contributed by atoms with Crippen molar-refractivity contribution in [3.05, 3.63) is 76.4 Å². The first kappa shape index (κ1) is 26.9. The van der Waals surface area contributed by atoms with Crippen LogP contribution in [0.25, 0.3) is 0 Å². The average Bonchev–Trinajstić information content (AvgIpc) is 3.61. The summed E-state index contributed by atoms with van der Waals surface area (Å²) in [6.45, 7) is 0.750. The summed E-state index contributed by atoms with van der Waals surface area (Å²) in [6, 6.07) is 9.24. The standard InChI is InChI=1S/C28H29F4N5O3/c1-35-16-33-34-25(35)24(29)27(14-40-15-27)18-4-2-5-19(10-18)37-12-22-21(26(37)39)8-17(9-23(22)28(30,31)32)11-36-7-3-6-20(36)13-38/h2,4-5,8-10,16,20,24,38H,3,6-7,11-15H2,1H3/t20-,24+/m1/s1. The van der Waals surface area contributed by atoms with Gasteiger partial charge in [-0.15, -0.1) is 10.2 Å². The predicted octanol–water partition coefficient (Wildman–Crippen LogP) is 3.93. The summed E-state index contributed by atoms with van der Waals surface area (Å²) < 4.78 is 65.4. The molecule has 2 atom stereocenters. The molecular weight excluding hydrogens is 530 g/mol. The third kappa shape index (κ3) is 4.38. The van der Waals surface area contributed by atoms with Gasteiger partial charge < -0.3 is 19.3 Å². The van der Waals surface area contributed by atoms with Gasteiger partial charge in [-0.25, -0.2) is 4.39 Å². The SMILES string of the molecule is Cn1cnnc1[C@H](F)C1(c2cccc(N3Cc4c(cc(CN5CCC[C@@H]5CO)cc4C(F)(F)F)C3=O)c2)COC1. The Morgan fingerprint density at radius 2 is 2.02 bits per heavy atom. The van der Waals surface area contributed by atoms with Gasteiger partial charge in [0.25, 0.3) is 5.91 Å². The molecular formula is C28H29F4N5O3.